The standard InChI is InChI=1S/C12H14BrN3/c1-9-3-2-4-16(8-9)12-5-10(6-14)11(13)7-15-12/h5,7,9H,2-4,8H2,1H3/t9-/m1/s1. The fourth-order valence-electron chi connectivity index (χ4n) is 2.08. The molecule has 2 heterocycles. The number of nitriles is 1. The first kappa shape index (κ1) is 11.4. The molecule has 0 aromatic carbocycles. The Hall–Kier alpha value is -1.08. The lowest BCUT2D eigenvalue weighted by Gasteiger charge is -2.31. The Kier molecular flexibility index (Phi) is 3.45. The lowest BCUT2D eigenvalue weighted by molar-refractivity contribution is 0.444. The predicted molar refractivity (Wildman–Crippen MR) is 67.3 cm³/mol. The van der Waals surface area contributed by atoms with Gasteiger partial charge in [0.25, 0.3) is 0 Å². The molecule has 4 heteroatoms. The second kappa shape index (κ2) is 4.84. The number of rotatable bonds is 1. The maximum absolute atomic E-state index is 8.97. The minimum absolute atomic E-state index is 0.656. The van der Waals surface area contributed by atoms with Crippen molar-refractivity contribution < 1.29 is 0 Å². The summed E-state index contributed by atoms with van der Waals surface area (Å²) in [6.45, 7) is 4.35. The van der Waals surface area contributed by atoms with Crippen LogP contribution >= 0.6 is 15.9 Å². The van der Waals surface area contributed by atoms with E-state index in [2.05, 4.69) is 38.8 Å². The van der Waals surface area contributed by atoms with Gasteiger partial charge in [0.15, 0.2) is 0 Å². The molecule has 1 saturated heterocycles. The zero-order valence-electron chi connectivity index (χ0n) is 9.28. The van der Waals surface area contributed by atoms with Gasteiger partial charge in [0, 0.05) is 19.3 Å². The zero-order valence-corrected chi connectivity index (χ0v) is 10.9. The van der Waals surface area contributed by atoms with Crippen LogP contribution in [0.4, 0.5) is 5.82 Å². The van der Waals surface area contributed by atoms with E-state index in [0.717, 1.165) is 23.4 Å². The minimum atomic E-state index is 0.656. The van der Waals surface area contributed by atoms with Crippen molar-refractivity contribution in [2.45, 2.75) is 19.8 Å². The molecule has 2 rings (SSSR count). The topological polar surface area (TPSA) is 39.9 Å². The predicted octanol–water partition coefficient (Wildman–Crippen LogP) is 2.95. The summed E-state index contributed by atoms with van der Waals surface area (Å²) in [5, 5.41) is 8.97. The normalized spacial score (nSPS) is 20.6. The molecule has 0 radical (unpaired) electrons. The lowest BCUT2D eigenvalue weighted by Crippen LogP contribution is -2.34. The Morgan fingerprint density at radius 2 is 2.44 bits per heavy atom. The van der Waals surface area contributed by atoms with Crippen LogP contribution in [0.3, 0.4) is 0 Å². The van der Waals surface area contributed by atoms with Crippen LogP contribution in [-0.4, -0.2) is 18.1 Å². The Bertz CT molecular complexity index is 425. The molecule has 16 heavy (non-hydrogen) atoms. The van der Waals surface area contributed by atoms with Crippen LogP contribution in [0, 0.1) is 17.2 Å². The molecule has 1 aromatic heterocycles. The van der Waals surface area contributed by atoms with Gasteiger partial charge in [-0.2, -0.15) is 5.26 Å². The number of hydrogen-bond acceptors (Lipinski definition) is 3. The highest BCUT2D eigenvalue weighted by molar-refractivity contribution is 9.10. The summed E-state index contributed by atoms with van der Waals surface area (Å²) < 4.78 is 0.767. The van der Waals surface area contributed by atoms with E-state index in [9.17, 15) is 0 Å². The number of aromatic nitrogens is 1. The average Bonchev–Trinajstić information content (AvgIpc) is 2.29. The van der Waals surface area contributed by atoms with Crippen molar-refractivity contribution in [1.29, 1.82) is 5.26 Å². The van der Waals surface area contributed by atoms with Crippen LogP contribution in [0.25, 0.3) is 0 Å². The molecule has 0 saturated carbocycles. The first-order chi connectivity index (χ1) is 7.70. The maximum Gasteiger partial charge on any atom is 0.129 e. The Morgan fingerprint density at radius 3 is 3.12 bits per heavy atom. The van der Waals surface area contributed by atoms with E-state index in [1.54, 1.807) is 6.20 Å². The fraction of sp³-hybridized carbons (Fsp3) is 0.500. The van der Waals surface area contributed by atoms with E-state index in [0.29, 0.717) is 11.5 Å². The molecule has 84 valence electrons. The number of nitrogens with zero attached hydrogens (tertiary/aromatic N) is 3. The second-order valence-electron chi connectivity index (χ2n) is 4.33. The van der Waals surface area contributed by atoms with Crippen LogP contribution in [0.15, 0.2) is 16.7 Å². The number of pyridine rings is 1. The van der Waals surface area contributed by atoms with E-state index in [4.69, 9.17) is 5.26 Å². The molecule has 0 bridgehead atoms. The molecule has 1 aliphatic rings. The minimum Gasteiger partial charge on any atom is -0.356 e. The van der Waals surface area contributed by atoms with Crippen LogP contribution in [0.1, 0.15) is 25.3 Å². The molecule has 0 N–H and O–H groups in total. The van der Waals surface area contributed by atoms with Gasteiger partial charge in [-0.05, 0) is 40.8 Å². The van der Waals surface area contributed by atoms with Gasteiger partial charge in [0.1, 0.15) is 11.9 Å². The van der Waals surface area contributed by atoms with Crippen LogP contribution in [0.2, 0.25) is 0 Å². The van der Waals surface area contributed by atoms with Crippen molar-refractivity contribution >= 4 is 21.7 Å². The summed E-state index contributed by atoms with van der Waals surface area (Å²) in [6, 6.07) is 4.04. The summed E-state index contributed by atoms with van der Waals surface area (Å²) in [6.07, 6.45) is 4.21. The third-order valence-corrected chi connectivity index (χ3v) is 3.57. The van der Waals surface area contributed by atoms with Gasteiger partial charge in [-0.15, -0.1) is 0 Å². The molecule has 3 nitrogen and oxygen atoms in total. The van der Waals surface area contributed by atoms with Crippen molar-refractivity contribution in [3.63, 3.8) is 0 Å². The second-order valence-corrected chi connectivity index (χ2v) is 5.18. The smallest absolute Gasteiger partial charge is 0.129 e. The highest BCUT2D eigenvalue weighted by atomic mass is 79.9. The van der Waals surface area contributed by atoms with Crippen LogP contribution in [0.5, 0.6) is 0 Å². The van der Waals surface area contributed by atoms with E-state index in [-0.39, 0.29) is 0 Å². The van der Waals surface area contributed by atoms with Gasteiger partial charge in [-0.25, -0.2) is 4.98 Å². The number of hydrogen-bond donors (Lipinski definition) is 0. The van der Waals surface area contributed by atoms with E-state index < -0.39 is 0 Å². The molecular weight excluding hydrogens is 266 g/mol. The quantitative estimate of drug-likeness (QED) is 0.794. The van der Waals surface area contributed by atoms with Gasteiger partial charge in [0.05, 0.1) is 10.0 Å². The van der Waals surface area contributed by atoms with E-state index >= 15 is 0 Å². The largest absolute Gasteiger partial charge is 0.356 e. The molecule has 1 aromatic rings. The summed E-state index contributed by atoms with van der Waals surface area (Å²) in [5.74, 6) is 1.64. The fourth-order valence-corrected chi connectivity index (χ4v) is 2.39. The molecule has 0 amide bonds. The third kappa shape index (κ3) is 2.35. The van der Waals surface area contributed by atoms with Crippen molar-refractivity contribution in [3.05, 3.63) is 22.3 Å². The van der Waals surface area contributed by atoms with Crippen molar-refractivity contribution in [1.82, 2.24) is 4.98 Å². The Labute approximate surface area is 104 Å². The van der Waals surface area contributed by atoms with Crippen LogP contribution < -0.4 is 4.90 Å². The molecule has 0 aliphatic carbocycles. The highest BCUT2D eigenvalue weighted by Gasteiger charge is 2.18. The lowest BCUT2D eigenvalue weighted by atomic mass is 10.0. The maximum atomic E-state index is 8.97. The van der Waals surface area contributed by atoms with Crippen LogP contribution in [-0.2, 0) is 0 Å². The summed E-state index contributed by atoms with van der Waals surface area (Å²) >= 11 is 3.32. The molecule has 0 spiro atoms. The molecule has 1 aliphatic heterocycles. The number of halogens is 1. The Balaban J connectivity index is 2.24. The SMILES string of the molecule is C[C@@H]1CCCN(c2cc(C#N)c(Br)cn2)C1. The zero-order chi connectivity index (χ0) is 11.5. The van der Waals surface area contributed by atoms with Gasteiger partial charge in [0.2, 0.25) is 0 Å². The highest BCUT2D eigenvalue weighted by Crippen LogP contribution is 2.24. The van der Waals surface area contributed by atoms with Crippen molar-refractivity contribution in [2.75, 3.05) is 18.0 Å². The monoisotopic (exact) mass is 279 g/mol. The first-order valence-corrected chi connectivity index (χ1v) is 6.30. The van der Waals surface area contributed by atoms with Gasteiger partial charge in [-0.3, -0.25) is 0 Å². The number of anilines is 1. The van der Waals surface area contributed by atoms with Crippen molar-refractivity contribution in [3.8, 4) is 6.07 Å². The average molecular weight is 280 g/mol. The molecule has 0 unspecified atom stereocenters. The summed E-state index contributed by atoms with van der Waals surface area (Å²) in [4.78, 5) is 6.64. The number of piperidine rings is 1. The van der Waals surface area contributed by atoms with Gasteiger partial charge in [-0.1, -0.05) is 6.92 Å². The Morgan fingerprint density at radius 1 is 1.62 bits per heavy atom. The molecular formula is C12H14BrN3. The summed E-state index contributed by atoms with van der Waals surface area (Å²) in [7, 11) is 0. The van der Waals surface area contributed by atoms with E-state index in [1.807, 2.05) is 6.07 Å². The van der Waals surface area contributed by atoms with Gasteiger partial charge >= 0.3 is 0 Å². The van der Waals surface area contributed by atoms with Gasteiger partial charge < -0.3 is 4.90 Å². The summed E-state index contributed by atoms with van der Waals surface area (Å²) in [5.41, 5.74) is 0.656. The molecule has 1 fully saturated rings. The molecule has 1 atom stereocenters. The first-order valence-electron chi connectivity index (χ1n) is 5.51. The van der Waals surface area contributed by atoms with E-state index in [1.165, 1.54) is 12.8 Å². The van der Waals surface area contributed by atoms with Crippen molar-refractivity contribution in [2.24, 2.45) is 5.92 Å². The third-order valence-electron chi connectivity index (χ3n) is 2.94.